The van der Waals surface area contributed by atoms with E-state index in [9.17, 15) is 4.79 Å². The zero-order valence-corrected chi connectivity index (χ0v) is 12.7. The fourth-order valence-corrected chi connectivity index (χ4v) is 3.22. The molecule has 1 aromatic carbocycles. The molecule has 1 unspecified atom stereocenters. The molecule has 20 heavy (non-hydrogen) atoms. The van der Waals surface area contributed by atoms with Crippen LogP contribution >= 0.6 is 11.8 Å². The summed E-state index contributed by atoms with van der Waals surface area (Å²) < 4.78 is 5.40. The first-order valence-corrected chi connectivity index (χ1v) is 8.08. The van der Waals surface area contributed by atoms with Gasteiger partial charge in [0.1, 0.15) is 5.75 Å². The molecule has 1 aliphatic rings. The predicted molar refractivity (Wildman–Crippen MR) is 82.1 cm³/mol. The van der Waals surface area contributed by atoms with Crippen molar-refractivity contribution in [1.82, 2.24) is 4.90 Å². The number of rotatable bonds is 6. The maximum Gasteiger partial charge on any atom is 0.233 e. The van der Waals surface area contributed by atoms with Gasteiger partial charge in [-0.05, 0) is 44.0 Å². The molecule has 0 aromatic heterocycles. The fourth-order valence-electron chi connectivity index (χ4n) is 2.44. The quantitative estimate of drug-likeness (QED) is 0.817. The minimum absolute atomic E-state index is 0.192. The minimum Gasteiger partial charge on any atom is -0.494 e. The molecule has 1 amide bonds. The van der Waals surface area contributed by atoms with Crippen LogP contribution in [0.4, 0.5) is 0 Å². The summed E-state index contributed by atoms with van der Waals surface area (Å²) in [6, 6.07) is 8.10. The molecule has 0 aliphatic carbocycles. The maximum atomic E-state index is 12.2. The Labute approximate surface area is 124 Å². The van der Waals surface area contributed by atoms with Crippen molar-refractivity contribution >= 4 is 17.7 Å². The van der Waals surface area contributed by atoms with E-state index in [0.717, 1.165) is 30.0 Å². The number of carbonyl (C=O) groups excluding carboxylic acids is 1. The second-order valence-corrected chi connectivity index (χ2v) is 5.86. The number of hydrogen-bond acceptors (Lipinski definition) is 4. The largest absolute Gasteiger partial charge is 0.494 e. The number of amides is 1. The standard InChI is InChI=1S/C15H22N2O2S/c1-2-19-13-5-7-14(8-6-13)20-11-15(18)17-9-3-4-12(17)10-16/h5-8,12H,2-4,9-11,16H2,1H3. The molecular weight excluding hydrogens is 272 g/mol. The lowest BCUT2D eigenvalue weighted by atomic mass is 10.2. The van der Waals surface area contributed by atoms with Gasteiger partial charge in [-0.15, -0.1) is 11.8 Å². The molecule has 5 heteroatoms. The van der Waals surface area contributed by atoms with E-state index >= 15 is 0 Å². The highest BCUT2D eigenvalue weighted by Gasteiger charge is 2.27. The summed E-state index contributed by atoms with van der Waals surface area (Å²) in [5.74, 6) is 1.53. The molecule has 2 rings (SSSR count). The smallest absolute Gasteiger partial charge is 0.233 e. The Morgan fingerprint density at radius 1 is 1.45 bits per heavy atom. The van der Waals surface area contributed by atoms with Crippen molar-refractivity contribution in [3.05, 3.63) is 24.3 Å². The summed E-state index contributed by atoms with van der Waals surface area (Å²) in [5, 5.41) is 0. The van der Waals surface area contributed by atoms with Crippen LogP contribution in [0.5, 0.6) is 5.75 Å². The third kappa shape index (κ3) is 3.90. The molecule has 0 radical (unpaired) electrons. The number of likely N-dealkylation sites (tertiary alicyclic amines) is 1. The van der Waals surface area contributed by atoms with Gasteiger partial charge in [0.05, 0.1) is 12.4 Å². The van der Waals surface area contributed by atoms with Gasteiger partial charge in [-0.3, -0.25) is 4.79 Å². The van der Waals surface area contributed by atoms with Crippen molar-refractivity contribution in [1.29, 1.82) is 0 Å². The maximum absolute atomic E-state index is 12.2. The van der Waals surface area contributed by atoms with Crippen LogP contribution < -0.4 is 10.5 Å². The van der Waals surface area contributed by atoms with Gasteiger partial charge in [-0.25, -0.2) is 0 Å². The van der Waals surface area contributed by atoms with Crippen LogP contribution in [-0.2, 0) is 4.79 Å². The number of carbonyl (C=O) groups is 1. The van der Waals surface area contributed by atoms with Crippen LogP contribution in [0.1, 0.15) is 19.8 Å². The van der Waals surface area contributed by atoms with Crippen LogP contribution in [0.3, 0.4) is 0 Å². The number of hydrogen-bond donors (Lipinski definition) is 1. The average Bonchev–Trinajstić information content (AvgIpc) is 2.95. The Morgan fingerprint density at radius 3 is 2.85 bits per heavy atom. The second kappa shape index (κ2) is 7.55. The molecule has 1 aliphatic heterocycles. The first-order chi connectivity index (χ1) is 9.74. The number of benzene rings is 1. The van der Waals surface area contributed by atoms with Crippen LogP contribution in [0.25, 0.3) is 0 Å². The third-order valence-electron chi connectivity index (χ3n) is 3.47. The van der Waals surface area contributed by atoms with Gasteiger partial charge >= 0.3 is 0 Å². The molecule has 110 valence electrons. The summed E-state index contributed by atoms with van der Waals surface area (Å²) >= 11 is 1.57. The molecule has 1 atom stereocenters. The Balaban J connectivity index is 1.83. The second-order valence-electron chi connectivity index (χ2n) is 4.81. The lowest BCUT2D eigenvalue weighted by molar-refractivity contribution is -0.128. The third-order valence-corrected chi connectivity index (χ3v) is 4.46. The Kier molecular flexibility index (Phi) is 5.73. The monoisotopic (exact) mass is 294 g/mol. The number of ether oxygens (including phenoxy) is 1. The Bertz CT molecular complexity index is 436. The van der Waals surface area contributed by atoms with Gasteiger partial charge in [-0.2, -0.15) is 0 Å². The van der Waals surface area contributed by atoms with E-state index < -0.39 is 0 Å². The molecule has 1 fully saturated rings. The van der Waals surface area contributed by atoms with E-state index in [1.165, 1.54) is 0 Å². The van der Waals surface area contributed by atoms with Gasteiger partial charge in [0.25, 0.3) is 0 Å². The van der Waals surface area contributed by atoms with Gasteiger partial charge < -0.3 is 15.4 Å². The van der Waals surface area contributed by atoms with E-state index in [-0.39, 0.29) is 11.9 Å². The highest BCUT2D eigenvalue weighted by atomic mass is 32.2. The van der Waals surface area contributed by atoms with Gasteiger partial charge in [-0.1, -0.05) is 0 Å². The van der Waals surface area contributed by atoms with E-state index in [1.54, 1.807) is 11.8 Å². The summed E-state index contributed by atoms with van der Waals surface area (Å²) in [6.07, 6.45) is 2.11. The zero-order valence-electron chi connectivity index (χ0n) is 11.9. The topological polar surface area (TPSA) is 55.6 Å². The molecule has 1 aromatic rings. The summed E-state index contributed by atoms with van der Waals surface area (Å²) in [5.41, 5.74) is 5.70. The average molecular weight is 294 g/mol. The number of nitrogens with two attached hydrogens (primary N) is 1. The van der Waals surface area contributed by atoms with Crippen LogP contribution in [0.2, 0.25) is 0 Å². The molecule has 2 N–H and O–H groups in total. The van der Waals surface area contributed by atoms with E-state index in [4.69, 9.17) is 10.5 Å². The molecule has 0 saturated carbocycles. The summed E-state index contributed by atoms with van der Waals surface area (Å²) in [7, 11) is 0. The first kappa shape index (κ1) is 15.2. The van der Waals surface area contributed by atoms with Crippen molar-refractivity contribution in [3.8, 4) is 5.75 Å². The SMILES string of the molecule is CCOc1ccc(SCC(=O)N2CCCC2CN)cc1. The van der Waals surface area contributed by atoms with Crippen molar-refractivity contribution < 1.29 is 9.53 Å². The number of nitrogens with zero attached hydrogens (tertiary/aromatic N) is 1. The van der Waals surface area contributed by atoms with Crippen molar-refractivity contribution in [2.45, 2.75) is 30.7 Å². The molecule has 1 heterocycles. The van der Waals surface area contributed by atoms with Crippen LogP contribution in [0, 0.1) is 0 Å². The minimum atomic E-state index is 0.192. The van der Waals surface area contributed by atoms with E-state index in [0.29, 0.717) is 18.9 Å². The molecule has 0 bridgehead atoms. The molecule has 0 spiro atoms. The van der Waals surface area contributed by atoms with Crippen molar-refractivity contribution in [3.63, 3.8) is 0 Å². The Hall–Kier alpha value is -1.20. The summed E-state index contributed by atoms with van der Waals surface area (Å²) in [4.78, 5) is 15.2. The number of thioether (sulfide) groups is 1. The van der Waals surface area contributed by atoms with Crippen LogP contribution in [0.15, 0.2) is 29.2 Å². The first-order valence-electron chi connectivity index (χ1n) is 7.09. The summed E-state index contributed by atoms with van der Waals surface area (Å²) in [6.45, 7) is 4.05. The normalized spacial score (nSPS) is 18.3. The fraction of sp³-hybridized carbons (Fsp3) is 0.533. The molecular formula is C15H22N2O2S. The van der Waals surface area contributed by atoms with Crippen molar-refractivity contribution in [2.24, 2.45) is 5.73 Å². The predicted octanol–water partition coefficient (Wildman–Crippen LogP) is 2.13. The lowest BCUT2D eigenvalue weighted by Gasteiger charge is -2.23. The van der Waals surface area contributed by atoms with E-state index in [1.807, 2.05) is 36.1 Å². The van der Waals surface area contributed by atoms with Gasteiger partial charge in [0.15, 0.2) is 0 Å². The van der Waals surface area contributed by atoms with Crippen LogP contribution in [-0.4, -0.2) is 42.3 Å². The van der Waals surface area contributed by atoms with Gasteiger partial charge in [0, 0.05) is 24.0 Å². The highest BCUT2D eigenvalue weighted by molar-refractivity contribution is 8.00. The van der Waals surface area contributed by atoms with Gasteiger partial charge in [0.2, 0.25) is 5.91 Å². The van der Waals surface area contributed by atoms with Crippen molar-refractivity contribution in [2.75, 3.05) is 25.4 Å². The Morgan fingerprint density at radius 2 is 2.20 bits per heavy atom. The molecule has 4 nitrogen and oxygen atoms in total. The highest BCUT2D eigenvalue weighted by Crippen LogP contribution is 2.23. The van der Waals surface area contributed by atoms with E-state index in [2.05, 4.69) is 0 Å². The molecule has 1 saturated heterocycles. The lowest BCUT2D eigenvalue weighted by Crippen LogP contribution is -2.40. The zero-order chi connectivity index (χ0) is 14.4.